The molecule has 0 radical (unpaired) electrons. The van der Waals surface area contributed by atoms with Crippen LogP contribution in [0.3, 0.4) is 0 Å². The van der Waals surface area contributed by atoms with E-state index in [-0.39, 0.29) is 29.6 Å². The molecular weight excluding hydrogens is 243 g/mol. The van der Waals surface area contributed by atoms with Crippen LogP contribution in [0.15, 0.2) is 54.6 Å². The molecule has 0 heterocycles. The Morgan fingerprint density at radius 1 is 0.684 bits per heavy atom. The van der Waals surface area contributed by atoms with Crippen molar-refractivity contribution in [2.24, 2.45) is 0 Å². The molecule has 0 spiro atoms. The SMILES string of the molecule is O=Cc1ccc2ccc3cccc4ccc1c2c34.[NaH]. The second-order valence-electron chi connectivity index (χ2n) is 4.63. The van der Waals surface area contributed by atoms with E-state index in [1.165, 1.54) is 26.9 Å². The molecule has 0 bridgehead atoms. The molecule has 0 aromatic heterocycles. The van der Waals surface area contributed by atoms with Crippen LogP contribution in [-0.4, -0.2) is 35.8 Å². The molecule has 0 saturated heterocycles. The summed E-state index contributed by atoms with van der Waals surface area (Å²) >= 11 is 0. The minimum absolute atomic E-state index is 0. The van der Waals surface area contributed by atoms with Crippen molar-refractivity contribution in [2.45, 2.75) is 0 Å². The Kier molecular flexibility index (Phi) is 3.06. The van der Waals surface area contributed by atoms with Gasteiger partial charge in [0.1, 0.15) is 0 Å². The first kappa shape index (κ1) is 12.6. The van der Waals surface area contributed by atoms with Crippen LogP contribution in [0, 0.1) is 0 Å². The van der Waals surface area contributed by atoms with E-state index in [2.05, 4.69) is 36.4 Å². The van der Waals surface area contributed by atoms with Crippen molar-refractivity contribution in [1.29, 1.82) is 0 Å². The molecule has 1 nitrogen and oxygen atoms in total. The summed E-state index contributed by atoms with van der Waals surface area (Å²) in [7, 11) is 0. The zero-order chi connectivity index (χ0) is 12.1. The average molecular weight is 254 g/mol. The third kappa shape index (κ3) is 1.70. The number of aldehydes is 1. The molecule has 0 unspecified atom stereocenters. The van der Waals surface area contributed by atoms with Crippen LogP contribution in [0.1, 0.15) is 10.4 Å². The van der Waals surface area contributed by atoms with Crippen LogP contribution in [0.4, 0.5) is 0 Å². The van der Waals surface area contributed by atoms with Gasteiger partial charge in [-0.3, -0.25) is 4.79 Å². The molecule has 0 aliphatic heterocycles. The molecule has 0 N–H and O–H groups in total. The molecule has 0 fully saturated rings. The van der Waals surface area contributed by atoms with Crippen molar-refractivity contribution in [1.82, 2.24) is 0 Å². The summed E-state index contributed by atoms with van der Waals surface area (Å²) in [5.74, 6) is 0. The maximum atomic E-state index is 11.2. The third-order valence-electron chi connectivity index (χ3n) is 3.69. The molecule has 19 heavy (non-hydrogen) atoms. The number of carbonyl (C=O) groups excluding carboxylic acids is 1. The molecule has 4 aromatic carbocycles. The van der Waals surface area contributed by atoms with Gasteiger partial charge in [0.15, 0.2) is 6.29 Å². The topological polar surface area (TPSA) is 17.1 Å². The first-order valence-electron chi connectivity index (χ1n) is 6.00. The number of hydrogen-bond acceptors (Lipinski definition) is 1. The van der Waals surface area contributed by atoms with Gasteiger partial charge in [-0.05, 0) is 32.3 Å². The molecule has 0 aliphatic carbocycles. The van der Waals surface area contributed by atoms with Crippen molar-refractivity contribution in [3.63, 3.8) is 0 Å². The Labute approximate surface area is 132 Å². The van der Waals surface area contributed by atoms with Gasteiger partial charge in [0.25, 0.3) is 0 Å². The molecule has 0 amide bonds. The molecular formula is C17H11NaO. The van der Waals surface area contributed by atoms with Crippen LogP contribution in [-0.2, 0) is 0 Å². The second-order valence-corrected chi connectivity index (χ2v) is 4.63. The van der Waals surface area contributed by atoms with Crippen molar-refractivity contribution in [2.75, 3.05) is 0 Å². The maximum absolute atomic E-state index is 11.2. The summed E-state index contributed by atoms with van der Waals surface area (Å²) in [5.41, 5.74) is 0.765. The molecule has 4 rings (SSSR count). The number of rotatable bonds is 1. The van der Waals surface area contributed by atoms with Crippen molar-refractivity contribution in [3.8, 4) is 0 Å². The Hall–Kier alpha value is -1.41. The summed E-state index contributed by atoms with van der Waals surface area (Å²) in [6.45, 7) is 0. The zero-order valence-electron chi connectivity index (χ0n) is 9.68. The van der Waals surface area contributed by atoms with Gasteiger partial charge < -0.3 is 0 Å². The summed E-state index contributed by atoms with van der Waals surface area (Å²) in [4.78, 5) is 11.2. The van der Waals surface area contributed by atoms with E-state index in [1.54, 1.807) is 0 Å². The number of benzene rings is 4. The van der Waals surface area contributed by atoms with E-state index in [0.29, 0.717) is 0 Å². The summed E-state index contributed by atoms with van der Waals surface area (Å²) in [6, 6.07) is 18.6. The van der Waals surface area contributed by atoms with Gasteiger partial charge in [-0.2, -0.15) is 0 Å². The minimum atomic E-state index is 0. The fourth-order valence-electron chi connectivity index (χ4n) is 2.86. The van der Waals surface area contributed by atoms with Crippen molar-refractivity contribution >= 4 is 68.2 Å². The fraction of sp³-hybridized carbons (Fsp3) is 0. The summed E-state index contributed by atoms with van der Waals surface area (Å²) in [6.07, 6.45) is 0.936. The van der Waals surface area contributed by atoms with Gasteiger partial charge in [-0.1, -0.05) is 54.6 Å². The summed E-state index contributed by atoms with van der Waals surface area (Å²) < 4.78 is 0. The molecule has 0 aliphatic rings. The quantitative estimate of drug-likeness (QED) is 0.287. The Bertz CT molecular complexity index is 880. The van der Waals surface area contributed by atoms with Crippen molar-refractivity contribution < 1.29 is 4.79 Å². The van der Waals surface area contributed by atoms with Gasteiger partial charge >= 0.3 is 29.6 Å². The molecule has 2 heteroatoms. The number of carbonyl (C=O) groups is 1. The molecule has 4 aromatic rings. The van der Waals surface area contributed by atoms with Gasteiger partial charge in [0, 0.05) is 5.56 Å². The standard InChI is InChI=1S/C17H10O.Na.H/c18-10-14-7-6-13-5-4-11-2-1-3-12-8-9-15(14)17(13)16(11)12;;/h1-10H;;. The predicted octanol–water partition coefficient (Wildman–Crippen LogP) is 3.75. The summed E-state index contributed by atoms with van der Waals surface area (Å²) in [5, 5.41) is 7.17. The van der Waals surface area contributed by atoms with Crippen LogP contribution in [0.25, 0.3) is 32.3 Å². The zero-order valence-corrected chi connectivity index (χ0v) is 9.68. The van der Waals surface area contributed by atoms with E-state index < -0.39 is 0 Å². The van der Waals surface area contributed by atoms with Crippen LogP contribution >= 0.6 is 0 Å². The molecule has 86 valence electrons. The molecule has 0 saturated carbocycles. The van der Waals surface area contributed by atoms with E-state index in [0.717, 1.165) is 17.2 Å². The van der Waals surface area contributed by atoms with Crippen molar-refractivity contribution in [3.05, 3.63) is 60.2 Å². The van der Waals surface area contributed by atoms with Gasteiger partial charge in [-0.25, -0.2) is 0 Å². The van der Waals surface area contributed by atoms with E-state index in [1.807, 2.05) is 18.2 Å². The number of hydrogen-bond donors (Lipinski definition) is 0. The fourth-order valence-corrected chi connectivity index (χ4v) is 2.86. The van der Waals surface area contributed by atoms with E-state index in [9.17, 15) is 4.79 Å². The van der Waals surface area contributed by atoms with Gasteiger partial charge in [0.05, 0.1) is 0 Å². The predicted molar refractivity (Wildman–Crippen MR) is 82.7 cm³/mol. The monoisotopic (exact) mass is 254 g/mol. The van der Waals surface area contributed by atoms with Crippen LogP contribution in [0.2, 0.25) is 0 Å². The van der Waals surface area contributed by atoms with Gasteiger partial charge in [-0.15, -0.1) is 0 Å². The van der Waals surface area contributed by atoms with E-state index >= 15 is 0 Å². The first-order chi connectivity index (χ1) is 8.88. The second kappa shape index (κ2) is 4.61. The Balaban J connectivity index is 0.00000110. The Morgan fingerprint density at radius 2 is 1.26 bits per heavy atom. The van der Waals surface area contributed by atoms with E-state index in [4.69, 9.17) is 0 Å². The van der Waals surface area contributed by atoms with Crippen LogP contribution in [0.5, 0.6) is 0 Å². The normalized spacial score (nSPS) is 10.9. The molecule has 0 atom stereocenters. The first-order valence-corrected chi connectivity index (χ1v) is 6.00. The van der Waals surface area contributed by atoms with Crippen LogP contribution < -0.4 is 0 Å². The Morgan fingerprint density at radius 3 is 1.95 bits per heavy atom. The average Bonchev–Trinajstić information content (AvgIpc) is 2.44. The van der Waals surface area contributed by atoms with Gasteiger partial charge in [0.2, 0.25) is 0 Å². The third-order valence-corrected chi connectivity index (χ3v) is 3.69.